The van der Waals surface area contributed by atoms with Crippen molar-refractivity contribution in [2.75, 3.05) is 13.2 Å². The van der Waals surface area contributed by atoms with Crippen LogP contribution in [0.3, 0.4) is 0 Å². The molecule has 2 aliphatic rings. The number of nitrogens with zero attached hydrogens (tertiary/aromatic N) is 1. The van der Waals surface area contributed by atoms with E-state index in [4.69, 9.17) is 30.8 Å². The first-order chi connectivity index (χ1) is 16.0. The summed E-state index contributed by atoms with van der Waals surface area (Å²) >= 11 is 6.59. The van der Waals surface area contributed by atoms with Crippen LogP contribution < -0.4 is 4.74 Å². The van der Waals surface area contributed by atoms with Crippen LogP contribution in [0, 0.1) is 0 Å². The first-order valence-corrected chi connectivity index (χ1v) is 11.3. The molecule has 0 saturated carbocycles. The van der Waals surface area contributed by atoms with E-state index in [-0.39, 0.29) is 18.8 Å². The number of rotatable bonds is 4. The maximum atomic E-state index is 10.1. The van der Waals surface area contributed by atoms with E-state index in [0.717, 1.165) is 27.7 Å². The second-order valence-electron chi connectivity index (χ2n) is 8.75. The molecule has 2 aromatic carbocycles. The number of aromatic nitrogens is 2. The van der Waals surface area contributed by atoms with Gasteiger partial charge in [0.05, 0.1) is 35.0 Å². The number of fused-ring (bicyclic) bond motifs is 2. The maximum absolute atomic E-state index is 10.1. The van der Waals surface area contributed by atoms with Gasteiger partial charge in [0.1, 0.15) is 17.8 Å². The first kappa shape index (κ1) is 20.7. The lowest BCUT2D eigenvalue weighted by molar-refractivity contribution is -0.0540. The molecule has 2 fully saturated rings. The zero-order valence-corrected chi connectivity index (χ0v) is 18.8. The number of aliphatic hydroxyl groups is 1. The van der Waals surface area contributed by atoms with Gasteiger partial charge < -0.3 is 24.3 Å². The molecule has 7 heteroatoms. The fourth-order valence-electron chi connectivity index (χ4n) is 4.75. The average molecular weight is 463 g/mol. The standard InChI is InChI=1S/C26H23ClN2O4/c1-26-22(14-31-25(26)21(30)13-32-26)33-23-12-20-19(28-23)11-18(27)24(29-20)17-9-7-16(8-10-17)15-5-3-2-4-6-15/h2-12,21-22,25,28,30H,13-14H2,1H3/t21-,22+,25+,26+/m0/s1. The fraction of sp³-hybridized carbons (Fsp3) is 0.269. The monoisotopic (exact) mass is 462 g/mol. The summed E-state index contributed by atoms with van der Waals surface area (Å²) in [5, 5.41) is 10.6. The number of aliphatic hydroxyl groups excluding tert-OH is 1. The fourth-order valence-corrected chi connectivity index (χ4v) is 5.01. The molecule has 0 bridgehead atoms. The van der Waals surface area contributed by atoms with E-state index >= 15 is 0 Å². The Morgan fingerprint density at radius 1 is 1.03 bits per heavy atom. The quantitative estimate of drug-likeness (QED) is 0.453. The number of aromatic amines is 1. The average Bonchev–Trinajstić information content (AvgIpc) is 3.47. The van der Waals surface area contributed by atoms with Crippen LogP contribution in [0.15, 0.2) is 66.7 Å². The van der Waals surface area contributed by atoms with Gasteiger partial charge >= 0.3 is 0 Å². The van der Waals surface area contributed by atoms with Gasteiger partial charge in [-0.15, -0.1) is 0 Å². The third-order valence-electron chi connectivity index (χ3n) is 6.61. The van der Waals surface area contributed by atoms with Gasteiger partial charge in [-0.3, -0.25) is 0 Å². The summed E-state index contributed by atoms with van der Waals surface area (Å²) in [7, 11) is 0. The van der Waals surface area contributed by atoms with Crippen LogP contribution in [0.25, 0.3) is 33.4 Å². The van der Waals surface area contributed by atoms with Crippen LogP contribution in [0.5, 0.6) is 5.88 Å². The predicted molar refractivity (Wildman–Crippen MR) is 126 cm³/mol. The Morgan fingerprint density at radius 2 is 1.76 bits per heavy atom. The Bertz CT molecular complexity index is 1310. The normalized spacial score (nSPS) is 26.6. The number of halogens is 1. The number of ether oxygens (including phenoxy) is 3. The van der Waals surface area contributed by atoms with Gasteiger partial charge in [-0.25, -0.2) is 4.98 Å². The smallest absolute Gasteiger partial charge is 0.193 e. The van der Waals surface area contributed by atoms with Gasteiger partial charge in [0.25, 0.3) is 0 Å². The van der Waals surface area contributed by atoms with E-state index in [1.807, 2.05) is 49.4 Å². The first-order valence-electron chi connectivity index (χ1n) is 11.0. The summed E-state index contributed by atoms with van der Waals surface area (Å²) in [5.41, 5.74) is 4.81. The molecule has 0 unspecified atom stereocenters. The summed E-state index contributed by atoms with van der Waals surface area (Å²) in [6.07, 6.45) is -1.36. The molecule has 0 radical (unpaired) electrons. The molecule has 168 valence electrons. The Labute approximate surface area is 196 Å². The highest BCUT2D eigenvalue weighted by Crippen LogP contribution is 2.40. The van der Waals surface area contributed by atoms with Crippen molar-refractivity contribution < 1.29 is 19.3 Å². The molecule has 0 amide bonds. The van der Waals surface area contributed by atoms with Crippen molar-refractivity contribution >= 4 is 22.6 Å². The number of hydrogen-bond donors (Lipinski definition) is 2. The van der Waals surface area contributed by atoms with Crippen molar-refractivity contribution in [1.82, 2.24) is 9.97 Å². The number of nitrogens with one attached hydrogen (secondary N) is 1. The van der Waals surface area contributed by atoms with E-state index in [9.17, 15) is 5.11 Å². The minimum absolute atomic E-state index is 0.247. The van der Waals surface area contributed by atoms with Crippen LogP contribution in [0.2, 0.25) is 5.02 Å². The SMILES string of the molecule is C[C@]12OC[C@H](O)[C@H]1OC[C@H]2Oc1cc2nc(-c3ccc(-c4ccccc4)cc3)c(Cl)cc2[nH]1. The Hall–Kier alpha value is -2.90. The second kappa shape index (κ2) is 7.85. The maximum Gasteiger partial charge on any atom is 0.193 e. The molecule has 0 spiro atoms. The molecule has 2 aromatic heterocycles. The number of benzene rings is 2. The van der Waals surface area contributed by atoms with Gasteiger partial charge in [-0.05, 0) is 24.1 Å². The van der Waals surface area contributed by atoms with Gasteiger partial charge in [-0.2, -0.15) is 0 Å². The predicted octanol–water partition coefficient (Wildman–Crippen LogP) is 4.85. The third kappa shape index (κ3) is 3.50. The van der Waals surface area contributed by atoms with Crippen molar-refractivity contribution in [2.45, 2.75) is 30.8 Å². The lowest BCUT2D eigenvalue weighted by Crippen LogP contribution is -2.46. The van der Waals surface area contributed by atoms with E-state index in [1.54, 1.807) is 0 Å². The second-order valence-corrected chi connectivity index (χ2v) is 9.16. The molecular weight excluding hydrogens is 440 g/mol. The topological polar surface area (TPSA) is 76.6 Å². The van der Waals surface area contributed by atoms with Crippen LogP contribution in [0.4, 0.5) is 0 Å². The van der Waals surface area contributed by atoms with Crippen LogP contribution in [0.1, 0.15) is 6.92 Å². The summed E-state index contributed by atoms with van der Waals surface area (Å²) in [5.74, 6) is 0.561. The largest absolute Gasteiger partial charge is 0.470 e. The van der Waals surface area contributed by atoms with Crippen molar-refractivity contribution in [1.29, 1.82) is 0 Å². The molecule has 2 N–H and O–H groups in total. The molecule has 33 heavy (non-hydrogen) atoms. The molecule has 2 aliphatic heterocycles. The van der Waals surface area contributed by atoms with Crippen molar-refractivity contribution in [3.05, 3.63) is 71.8 Å². The summed E-state index contributed by atoms with van der Waals surface area (Å²) in [4.78, 5) is 8.03. The lowest BCUT2D eigenvalue weighted by Gasteiger charge is -2.28. The zero-order valence-electron chi connectivity index (χ0n) is 18.0. The summed E-state index contributed by atoms with van der Waals surface area (Å²) in [6.45, 7) is 2.51. The van der Waals surface area contributed by atoms with E-state index in [1.165, 1.54) is 0 Å². The Morgan fingerprint density at radius 3 is 2.55 bits per heavy atom. The molecule has 2 saturated heterocycles. The zero-order chi connectivity index (χ0) is 22.6. The Balaban J connectivity index is 1.27. The summed E-state index contributed by atoms with van der Waals surface area (Å²) < 4.78 is 17.7. The molecule has 4 heterocycles. The highest BCUT2D eigenvalue weighted by atomic mass is 35.5. The minimum Gasteiger partial charge on any atom is -0.470 e. The van der Waals surface area contributed by atoms with E-state index in [0.29, 0.717) is 23.2 Å². The number of pyridine rings is 1. The highest BCUT2D eigenvalue weighted by molar-refractivity contribution is 6.33. The van der Waals surface area contributed by atoms with Crippen molar-refractivity contribution in [2.24, 2.45) is 0 Å². The third-order valence-corrected chi connectivity index (χ3v) is 6.90. The van der Waals surface area contributed by atoms with Gasteiger partial charge in [0.15, 0.2) is 12.0 Å². The van der Waals surface area contributed by atoms with Crippen LogP contribution >= 0.6 is 11.6 Å². The van der Waals surface area contributed by atoms with Crippen LogP contribution in [-0.4, -0.2) is 52.2 Å². The highest BCUT2D eigenvalue weighted by Gasteiger charge is 2.58. The molecule has 0 aliphatic carbocycles. The summed E-state index contributed by atoms with van der Waals surface area (Å²) in [6, 6.07) is 22.2. The van der Waals surface area contributed by atoms with Gasteiger partial charge in [-0.1, -0.05) is 66.2 Å². The van der Waals surface area contributed by atoms with Gasteiger partial charge in [0.2, 0.25) is 0 Å². The van der Waals surface area contributed by atoms with Gasteiger partial charge in [0, 0.05) is 11.6 Å². The van der Waals surface area contributed by atoms with Crippen LogP contribution in [-0.2, 0) is 9.47 Å². The molecule has 6 rings (SSSR count). The molecule has 4 aromatic rings. The minimum atomic E-state index is -0.687. The molecular formula is C26H23ClN2O4. The number of hydrogen-bond acceptors (Lipinski definition) is 5. The van der Waals surface area contributed by atoms with E-state index in [2.05, 4.69) is 29.2 Å². The molecule has 4 atom stereocenters. The van der Waals surface area contributed by atoms with Crippen molar-refractivity contribution in [3.8, 4) is 28.3 Å². The van der Waals surface area contributed by atoms with E-state index < -0.39 is 11.7 Å². The molecule has 6 nitrogen and oxygen atoms in total. The number of H-pyrrole nitrogens is 1. The lowest BCUT2D eigenvalue weighted by atomic mass is 9.95. The van der Waals surface area contributed by atoms with Crippen molar-refractivity contribution in [3.63, 3.8) is 0 Å². The Kier molecular flexibility index (Phi) is 4.92.